The van der Waals surface area contributed by atoms with Crippen LogP contribution < -0.4 is 5.73 Å². The Morgan fingerprint density at radius 3 is 2.85 bits per heavy atom. The molecular weight excluding hydrogens is 169 g/mol. The summed E-state index contributed by atoms with van der Waals surface area (Å²) >= 11 is 0. The van der Waals surface area contributed by atoms with Crippen LogP contribution in [0.3, 0.4) is 0 Å². The van der Waals surface area contributed by atoms with Gasteiger partial charge in [-0.2, -0.15) is 0 Å². The maximum absolute atomic E-state index is 12.8. The van der Waals surface area contributed by atoms with E-state index in [1.54, 1.807) is 12.1 Å². The molecule has 1 aromatic carbocycles. The molecule has 0 aliphatic carbocycles. The molecular formula is C10H14FNO. The number of nitrogens with two attached hydrogens (primary N) is 1. The Kier molecular flexibility index (Phi) is 3.25. The number of rotatable bonds is 3. The van der Waals surface area contributed by atoms with E-state index in [4.69, 9.17) is 5.73 Å². The lowest BCUT2D eigenvalue weighted by Gasteiger charge is -2.06. The monoisotopic (exact) mass is 183 g/mol. The second kappa shape index (κ2) is 4.23. The fourth-order valence-electron chi connectivity index (χ4n) is 1.14. The lowest BCUT2D eigenvalue weighted by molar-refractivity contribution is 0.424. The van der Waals surface area contributed by atoms with E-state index in [1.807, 2.05) is 6.92 Å². The average molecular weight is 183 g/mol. The maximum atomic E-state index is 12.8. The fourth-order valence-corrected chi connectivity index (χ4v) is 1.14. The van der Waals surface area contributed by atoms with Crippen molar-refractivity contribution in [3.05, 3.63) is 29.6 Å². The Morgan fingerprint density at radius 2 is 2.23 bits per heavy atom. The summed E-state index contributed by atoms with van der Waals surface area (Å²) in [5, 5.41) is 9.29. The van der Waals surface area contributed by atoms with Crippen molar-refractivity contribution in [2.75, 3.05) is 0 Å². The van der Waals surface area contributed by atoms with E-state index >= 15 is 0 Å². The number of hydrogen-bond donors (Lipinski definition) is 2. The molecule has 0 saturated carbocycles. The number of hydrogen-bond acceptors (Lipinski definition) is 2. The molecule has 0 aliphatic rings. The van der Waals surface area contributed by atoms with Crippen molar-refractivity contribution < 1.29 is 9.50 Å². The van der Waals surface area contributed by atoms with Gasteiger partial charge >= 0.3 is 0 Å². The van der Waals surface area contributed by atoms with Gasteiger partial charge in [-0.3, -0.25) is 0 Å². The predicted octanol–water partition coefficient (Wildman–Crippen LogP) is 1.81. The summed E-state index contributed by atoms with van der Waals surface area (Å²) in [6.07, 6.45) is 1.36. The van der Waals surface area contributed by atoms with Crippen LogP contribution in [0.15, 0.2) is 18.2 Å². The highest BCUT2D eigenvalue weighted by Crippen LogP contribution is 2.21. The van der Waals surface area contributed by atoms with Gasteiger partial charge in [0.05, 0.1) is 0 Å². The minimum Gasteiger partial charge on any atom is -0.505 e. The van der Waals surface area contributed by atoms with Crippen LogP contribution in [0.25, 0.3) is 0 Å². The van der Waals surface area contributed by atoms with E-state index in [1.165, 1.54) is 6.07 Å². The highest BCUT2D eigenvalue weighted by molar-refractivity contribution is 5.33. The minimum atomic E-state index is -0.567. The lowest BCUT2D eigenvalue weighted by Crippen LogP contribution is -2.15. The van der Waals surface area contributed by atoms with Crippen molar-refractivity contribution >= 4 is 0 Å². The lowest BCUT2D eigenvalue weighted by atomic mass is 10.1. The van der Waals surface area contributed by atoms with Gasteiger partial charge < -0.3 is 10.8 Å². The van der Waals surface area contributed by atoms with Gasteiger partial charge in [0.25, 0.3) is 0 Å². The van der Waals surface area contributed by atoms with Gasteiger partial charge in [0, 0.05) is 6.04 Å². The highest BCUT2D eigenvalue weighted by atomic mass is 19.1. The molecule has 0 saturated heterocycles. The molecule has 0 fully saturated rings. The Morgan fingerprint density at radius 1 is 1.54 bits per heavy atom. The van der Waals surface area contributed by atoms with Gasteiger partial charge in [-0.05, 0) is 31.4 Å². The van der Waals surface area contributed by atoms with Crippen LogP contribution in [0.4, 0.5) is 4.39 Å². The molecule has 0 aromatic heterocycles. The van der Waals surface area contributed by atoms with Gasteiger partial charge in [-0.1, -0.05) is 12.1 Å². The Balaban J connectivity index is 2.71. The maximum Gasteiger partial charge on any atom is 0.165 e. The Hall–Kier alpha value is -1.09. The van der Waals surface area contributed by atoms with Crippen molar-refractivity contribution in [1.29, 1.82) is 0 Å². The van der Waals surface area contributed by atoms with Crippen LogP contribution in [0.1, 0.15) is 18.9 Å². The molecule has 1 rings (SSSR count). The van der Waals surface area contributed by atoms with E-state index in [-0.39, 0.29) is 11.8 Å². The van der Waals surface area contributed by atoms with E-state index in [0.29, 0.717) is 12.0 Å². The van der Waals surface area contributed by atoms with E-state index in [9.17, 15) is 9.50 Å². The van der Waals surface area contributed by atoms with E-state index < -0.39 is 5.82 Å². The summed E-state index contributed by atoms with van der Waals surface area (Å²) in [5.41, 5.74) is 6.18. The summed E-state index contributed by atoms with van der Waals surface area (Å²) < 4.78 is 12.8. The number of aryl methyl sites for hydroxylation is 1. The second-order valence-corrected chi connectivity index (χ2v) is 3.26. The third-order valence-corrected chi connectivity index (χ3v) is 1.94. The Labute approximate surface area is 77.2 Å². The van der Waals surface area contributed by atoms with Crippen LogP contribution in [0.2, 0.25) is 0 Å². The molecule has 2 nitrogen and oxygen atoms in total. The predicted molar refractivity (Wildman–Crippen MR) is 50.0 cm³/mol. The number of aromatic hydroxyl groups is 1. The topological polar surface area (TPSA) is 46.2 Å². The zero-order chi connectivity index (χ0) is 9.84. The molecule has 0 radical (unpaired) electrons. The third kappa shape index (κ3) is 2.70. The zero-order valence-electron chi connectivity index (χ0n) is 7.63. The molecule has 1 atom stereocenters. The summed E-state index contributed by atoms with van der Waals surface area (Å²) in [6, 6.07) is 4.61. The molecule has 0 unspecified atom stereocenters. The van der Waals surface area contributed by atoms with Gasteiger partial charge in [-0.25, -0.2) is 4.39 Å². The molecule has 3 heteroatoms. The molecule has 0 bridgehead atoms. The Bertz CT molecular complexity index is 286. The molecule has 13 heavy (non-hydrogen) atoms. The molecule has 0 aliphatic heterocycles. The summed E-state index contributed by atoms with van der Waals surface area (Å²) in [4.78, 5) is 0. The fraction of sp³-hybridized carbons (Fsp3) is 0.400. The minimum absolute atomic E-state index is 0.0719. The molecule has 0 heterocycles. The van der Waals surface area contributed by atoms with Crippen LogP contribution in [-0.2, 0) is 6.42 Å². The third-order valence-electron chi connectivity index (χ3n) is 1.94. The first kappa shape index (κ1) is 9.99. The second-order valence-electron chi connectivity index (χ2n) is 3.26. The zero-order valence-corrected chi connectivity index (χ0v) is 7.63. The first-order valence-electron chi connectivity index (χ1n) is 4.33. The molecule has 1 aromatic rings. The number of phenolic OH excluding ortho intramolecular Hbond substituents is 1. The normalized spacial score (nSPS) is 12.8. The first-order valence-corrected chi connectivity index (χ1v) is 4.33. The number of phenols is 1. The van der Waals surface area contributed by atoms with Crippen molar-refractivity contribution in [2.24, 2.45) is 5.73 Å². The largest absolute Gasteiger partial charge is 0.505 e. The summed E-state index contributed by atoms with van der Waals surface area (Å²) in [6.45, 7) is 1.89. The van der Waals surface area contributed by atoms with E-state index in [0.717, 1.165) is 6.42 Å². The summed E-state index contributed by atoms with van der Waals surface area (Å²) in [7, 11) is 0. The smallest absolute Gasteiger partial charge is 0.165 e. The van der Waals surface area contributed by atoms with Gasteiger partial charge in [0.2, 0.25) is 0 Å². The van der Waals surface area contributed by atoms with E-state index in [2.05, 4.69) is 0 Å². The average Bonchev–Trinajstić information content (AvgIpc) is 2.07. The number of para-hydroxylation sites is 1. The quantitative estimate of drug-likeness (QED) is 0.750. The van der Waals surface area contributed by atoms with Crippen molar-refractivity contribution in [2.45, 2.75) is 25.8 Å². The van der Waals surface area contributed by atoms with Crippen LogP contribution in [-0.4, -0.2) is 11.1 Å². The van der Waals surface area contributed by atoms with Crippen molar-refractivity contribution in [1.82, 2.24) is 0 Å². The number of benzene rings is 1. The SMILES string of the molecule is C[C@@H](N)CCc1cccc(F)c1O. The molecule has 0 spiro atoms. The standard InChI is InChI=1S/C10H14FNO/c1-7(12)5-6-8-3-2-4-9(11)10(8)13/h2-4,7,13H,5-6,12H2,1H3/t7-/m1/s1. The van der Waals surface area contributed by atoms with Crippen molar-refractivity contribution in [3.8, 4) is 5.75 Å². The van der Waals surface area contributed by atoms with Gasteiger partial charge in [-0.15, -0.1) is 0 Å². The number of halogens is 1. The summed E-state index contributed by atoms with van der Waals surface area (Å²) in [5.74, 6) is -0.815. The van der Waals surface area contributed by atoms with Crippen molar-refractivity contribution in [3.63, 3.8) is 0 Å². The molecule has 3 N–H and O–H groups in total. The van der Waals surface area contributed by atoms with Gasteiger partial charge in [0.15, 0.2) is 11.6 Å². The van der Waals surface area contributed by atoms with Gasteiger partial charge in [0.1, 0.15) is 0 Å². The first-order chi connectivity index (χ1) is 6.11. The van der Waals surface area contributed by atoms with Crippen LogP contribution >= 0.6 is 0 Å². The molecule has 72 valence electrons. The molecule has 0 amide bonds. The van der Waals surface area contributed by atoms with Crippen LogP contribution in [0, 0.1) is 5.82 Å². The highest BCUT2D eigenvalue weighted by Gasteiger charge is 2.06. The van der Waals surface area contributed by atoms with Crippen LogP contribution in [0.5, 0.6) is 5.75 Å².